The predicted molar refractivity (Wildman–Crippen MR) is 56.2 cm³/mol. The molecule has 0 fully saturated rings. The van der Waals surface area contributed by atoms with Crippen LogP contribution in [0.1, 0.15) is 18.9 Å². The highest BCUT2D eigenvalue weighted by Gasteiger charge is 1.93. The Hall–Kier alpha value is -1.46. The van der Waals surface area contributed by atoms with Gasteiger partial charge in [0.25, 0.3) is 0 Å². The molecule has 1 rings (SSSR count). The maximum atomic E-state index is 8.53. The van der Waals surface area contributed by atoms with Gasteiger partial charge in [-0.1, -0.05) is 24.8 Å². The molecule has 0 saturated carbocycles. The fourth-order valence-electron chi connectivity index (χ4n) is 1.03. The highest BCUT2D eigenvalue weighted by Crippen LogP contribution is 2.12. The zero-order valence-electron chi connectivity index (χ0n) is 8.29. The van der Waals surface area contributed by atoms with Crippen molar-refractivity contribution in [3.05, 3.63) is 29.8 Å². The first-order valence-electron chi connectivity index (χ1n) is 4.69. The first-order chi connectivity index (χ1) is 6.86. The van der Waals surface area contributed by atoms with E-state index in [1.54, 1.807) is 0 Å². The Balaban J connectivity index is 2.68. The molecule has 0 radical (unpaired) electrons. The fourth-order valence-corrected chi connectivity index (χ4v) is 1.03. The van der Waals surface area contributed by atoms with Gasteiger partial charge in [0.15, 0.2) is 0 Å². The number of hydrogen-bond acceptors (Lipinski definition) is 2. The molecule has 0 heterocycles. The molecule has 2 heteroatoms. The third kappa shape index (κ3) is 3.51. The molecule has 2 nitrogen and oxygen atoms in total. The van der Waals surface area contributed by atoms with Crippen molar-refractivity contribution in [3.8, 4) is 17.6 Å². The molecule has 0 aliphatic carbocycles. The summed E-state index contributed by atoms with van der Waals surface area (Å²) < 4.78 is 5.45. The average molecular weight is 190 g/mol. The van der Waals surface area contributed by atoms with Gasteiger partial charge in [-0.2, -0.15) is 0 Å². The Morgan fingerprint density at radius 3 is 3.00 bits per heavy atom. The number of benzene rings is 1. The molecule has 0 spiro atoms. The quantitative estimate of drug-likeness (QED) is 0.737. The predicted octanol–water partition coefficient (Wildman–Crippen LogP) is 1.82. The maximum Gasteiger partial charge on any atom is 0.120 e. The van der Waals surface area contributed by atoms with Crippen LogP contribution in [-0.4, -0.2) is 18.3 Å². The summed E-state index contributed by atoms with van der Waals surface area (Å²) >= 11 is 0. The second-order valence-corrected chi connectivity index (χ2v) is 2.84. The number of aliphatic hydroxyl groups excluding tert-OH is 1. The van der Waals surface area contributed by atoms with Gasteiger partial charge < -0.3 is 9.84 Å². The van der Waals surface area contributed by atoms with Crippen molar-refractivity contribution < 1.29 is 9.84 Å². The SMILES string of the molecule is CCCOc1cccc(C#CCO)c1. The number of ether oxygens (including phenoxy) is 1. The third-order valence-electron chi connectivity index (χ3n) is 1.62. The van der Waals surface area contributed by atoms with Crippen molar-refractivity contribution in [2.24, 2.45) is 0 Å². The minimum atomic E-state index is -0.111. The van der Waals surface area contributed by atoms with Gasteiger partial charge in [-0.25, -0.2) is 0 Å². The molecule has 1 aromatic carbocycles. The minimum absolute atomic E-state index is 0.111. The first-order valence-corrected chi connectivity index (χ1v) is 4.69. The zero-order valence-corrected chi connectivity index (χ0v) is 8.29. The summed E-state index contributed by atoms with van der Waals surface area (Å²) in [5, 5.41) is 8.53. The lowest BCUT2D eigenvalue weighted by Crippen LogP contribution is -1.94. The van der Waals surface area contributed by atoms with E-state index in [1.165, 1.54) is 0 Å². The van der Waals surface area contributed by atoms with E-state index >= 15 is 0 Å². The summed E-state index contributed by atoms with van der Waals surface area (Å²) in [4.78, 5) is 0. The summed E-state index contributed by atoms with van der Waals surface area (Å²) in [6.07, 6.45) is 0.993. The zero-order chi connectivity index (χ0) is 10.2. The molecule has 0 aromatic heterocycles. The topological polar surface area (TPSA) is 29.5 Å². The van der Waals surface area contributed by atoms with E-state index in [2.05, 4.69) is 18.8 Å². The molecule has 0 bridgehead atoms. The van der Waals surface area contributed by atoms with Crippen LogP contribution in [0.15, 0.2) is 24.3 Å². The average Bonchev–Trinajstić information content (AvgIpc) is 2.24. The Morgan fingerprint density at radius 2 is 2.29 bits per heavy atom. The summed E-state index contributed by atoms with van der Waals surface area (Å²) in [6, 6.07) is 7.56. The van der Waals surface area contributed by atoms with Gasteiger partial charge in [0, 0.05) is 5.56 Å². The lowest BCUT2D eigenvalue weighted by molar-refractivity contribution is 0.317. The van der Waals surface area contributed by atoms with E-state index in [4.69, 9.17) is 9.84 Å². The third-order valence-corrected chi connectivity index (χ3v) is 1.62. The van der Waals surface area contributed by atoms with Gasteiger partial charge >= 0.3 is 0 Å². The van der Waals surface area contributed by atoms with Crippen molar-refractivity contribution in [1.29, 1.82) is 0 Å². The Bertz CT molecular complexity index is 334. The summed E-state index contributed by atoms with van der Waals surface area (Å²) in [5.74, 6) is 6.26. The lowest BCUT2D eigenvalue weighted by atomic mass is 10.2. The van der Waals surface area contributed by atoms with Crippen LogP contribution in [0.4, 0.5) is 0 Å². The molecule has 74 valence electrons. The largest absolute Gasteiger partial charge is 0.494 e. The molecule has 0 amide bonds. The standard InChI is InChI=1S/C12H14O2/c1-2-9-14-12-7-3-5-11(10-12)6-4-8-13/h3,5,7,10,13H,2,8-9H2,1H3. The van der Waals surface area contributed by atoms with E-state index in [1.807, 2.05) is 24.3 Å². The van der Waals surface area contributed by atoms with Gasteiger partial charge in [0.05, 0.1) is 6.61 Å². The van der Waals surface area contributed by atoms with Gasteiger partial charge in [0.2, 0.25) is 0 Å². The number of rotatable bonds is 3. The van der Waals surface area contributed by atoms with Gasteiger partial charge in [-0.05, 0) is 24.6 Å². The van der Waals surface area contributed by atoms with Gasteiger partial charge in [-0.15, -0.1) is 0 Å². The van der Waals surface area contributed by atoms with Crippen LogP contribution in [-0.2, 0) is 0 Å². The van der Waals surface area contributed by atoms with Crippen molar-refractivity contribution in [2.75, 3.05) is 13.2 Å². The summed E-state index contributed by atoms with van der Waals surface area (Å²) in [6.45, 7) is 2.67. The summed E-state index contributed by atoms with van der Waals surface area (Å²) in [7, 11) is 0. The van der Waals surface area contributed by atoms with E-state index in [0.717, 1.165) is 24.3 Å². The van der Waals surface area contributed by atoms with Crippen molar-refractivity contribution in [1.82, 2.24) is 0 Å². The molecule has 0 aliphatic heterocycles. The minimum Gasteiger partial charge on any atom is -0.494 e. The molecule has 14 heavy (non-hydrogen) atoms. The highest BCUT2D eigenvalue weighted by atomic mass is 16.5. The van der Waals surface area contributed by atoms with Gasteiger partial charge in [-0.3, -0.25) is 0 Å². The molecule has 0 aliphatic rings. The van der Waals surface area contributed by atoms with E-state index < -0.39 is 0 Å². The molecular weight excluding hydrogens is 176 g/mol. The van der Waals surface area contributed by atoms with Crippen LogP contribution in [0, 0.1) is 11.8 Å². The van der Waals surface area contributed by atoms with Crippen LogP contribution in [0.25, 0.3) is 0 Å². The molecule has 0 unspecified atom stereocenters. The number of aliphatic hydroxyl groups is 1. The first kappa shape index (κ1) is 10.6. The monoisotopic (exact) mass is 190 g/mol. The Morgan fingerprint density at radius 1 is 1.43 bits per heavy atom. The normalized spacial score (nSPS) is 9.00. The van der Waals surface area contributed by atoms with Crippen molar-refractivity contribution >= 4 is 0 Å². The van der Waals surface area contributed by atoms with E-state index in [9.17, 15) is 0 Å². The highest BCUT2D eigenvalue weighted by molar-refractivity contribution is 5.39. The van der Waals surface area contributed by atoms with E-state index in [-0.39, 0.29) is 6.61 Å². The smallest absolute Gasteiger partial charge is 0.120 e. The number of hydrogen-bond donors (Lipinski definition) is 1. The van der Waals surface area contributed by atoms with E-state index in [0.29, 0.717) is 0 Å². The molecule has 0 saturated heterocycles. The van der Waals surface area contributed by atoms with Crippen LogP contribution in [0.3, 0.4) is 0 Å². The summed E-state index contributed by atoms with van der Waals surface area (Å²) in [5.41, 5.74) is 0.868. The molecule has 1 N–H and O–H groups in total. The lowest BCUT2D eigenvalue weighted by Gasteiger charge is -2.03. The van der Waals surface area contributed by atoms with Gasteiger partial charge in [0.1, 0.15) is 12.4 Å². The maximum absolute atomic E-state index is 8.53. The Labute approximate surface area is 84.5 Å². The van der Waals surface area contributed by atoms with Crippen LogP contribution in [0.5, 0.6) is 5.75 Å². The fraction of sp³-hybridized carbons (Fsp3) is 0.333. The second-order valence-electron chi connectivity index (χ2n) is 2.84. The molecule has 0 atom stereocenters. The van der Waals surface area contributed by atoms with Crippen LogP contribution >= 0.6 is 0 Å². The molecular formula is C12H14O2. The van der Waals surface area contributed by atoms with Crippen LogP contribution < -0.4 is 4.74 Å². The Kier molecular flexibility index (Phi) is 4.60. The molecule has 1 aromatic rings. The van der Waals surface area contributed by atoms with Crippen molar-refractivity contribution in [2.45, 2.75) is 13.3 Å². The second kappa shape index (κ2) is 6.06. The van der Waals surface area contributed by atoms with Crippen LogP contribution in [0.2, 0.25) is 0 Å². The van der Waals surface area contributed by atoms with Crippen molar-refractivity contribution in [3.63, 3.8) is 0 Å².